The number of aromatic nitrogens is 1. The summed E-state index contributed by atoms with van der Waals surface area (Å²) in [6.45, 7) is 6.07. The number of terminal acetylenes is 1. The Balaban J connectivity index is 1.64. The predicted octanol–water partition coefficient (Wildman–Crippen LogP) is 5.80. The Labute approximate surface area is 187 Å². The summed E-state index contributed by atoms with van der Waals surface area (Å²) >= 11 is 0. The van der Waals surface area contributed by atoms with Crippen molar-refractivity contribution in [2.75, 3.05) is 20.1 Å². The highest BCUT2D eigenvalue weighted by Gasteiger charge is 2.20. The van der Waals surface area contributed by atoms with E-state index in [0.717, 1.165) is 29.9 Å². The minimum Gasteiger partial charge on any atom is -0.408 e. The van der Waals surface area contributed by atoms with Crippen LogP contribution in [0, 0.1) is 18.3 Å². The number of carbonyl (C=O) groups excluding carboxylic acids is 1. The Kier molecular flexibility index (Phi) is 8.43. The van der Waals surface area contributed by atoms with E-state index in [-0.39, 0.29) is 12.6 Å². The van der Waals surface area contributed by atoms with Gasteiger partial charge in [0.25, 0.3) is 0 Å². The molecule has 1 aliphatic carbocycles. The number of carbonyl (C=O) groups is 1. The van der Waals surface area contributed by atoms with Crippen LogP contribution in [0.2, 0.25) is 0 Å². The minimum atomic E-state index is -0.419. The maximum Gasteiger partial charge on any atom is 0.416 e. The van der Waals surface area contributed by atoms with Gasteiger partial charge in [0.15, 0.2) is 5.75 Å². The van der Waals surface area contributed by atoms with Gasteiger partial charge in [0, 0.05) is 24.2 Å². The molecule has 1 fully saturated rings. The maximum atomic E-state index is 12.6. The van der Waals surface area contributed by atoms with Crippen LogP contribution in [0.4, 0.5) is 4.79 Å². The van der Waals surface area contributed by atoms with Gasteiger partial charge in [-0.3, -0.25) is 4.90 Å². The third kappa shape index (κ3) is 6.27. The number of rotatable bonds is 8. The lowest BCUT2D eigenvalue weighted by Crippen LogP contribution is -2.39. The summed E-state index contributed by atoms with van der Waals surface area (Å²) < 4.78 is 5.71. The quantitative estimate of drug-likeness (QED) is 0.431. The van der Waals surface area contributed by atoms with Crippen LogP contribution in [0.5, 0.6) is 5.75 Å². The molecule has 0 atom stereocenters. The second kappa shape index (κ2) is 11.2. The third-order valence-corrected chi connectivity index (χ3v) is 6.41. The second-order valence-corrected chi connectivity index (χ2v) is 9.17. The molecule has 2 aromatic rings. The lowest BCUT2D eigenvalue weighted by Gasteiger charge is -2.23. The van der Waals surface area contributed by atoms with Gasteiger partial charge in [0.05, 0.1) is 12.1 Å². The Bertz CT molecular complexity index is 888. The first-order valence-electron chi connectivity index (χ1n) is 11.7. The van der Waals surface area contributed by atoms with Crippen molar-refractivity contribution in [2.24, 2.45) is 5.92 Å². The van der Waals surface area contributed by atoms with Crippen LogP contribution in [0.1, 0.15) is 64.4 Å². The number of para-hydroxylation sites is 1. The zero-order valence-corrected chi connectivity index (χ0v) is 19.3. The van der Waals surface area contributed by atoms with Crippen molar-refractivity contribution >= 4 is 17.0 Å². The summed E-state index contributed by atoms with van der Waals surface area (Å²) in [6, 6.07) is 5.82. The van der Waals surface area contributed by atoms with E-state index >= 15 is 0 Å². The van der Waals surface area contributed by atoms with E-state index in [2.05, 4.69) is 28.9 Å². The number of nitrogens with zero attached hydrogens (tertiary/aromatic N) is 2. The van der Waals surface area contributed by atoms with Gasteiger partial charge >= 0.3 is 6.09 Å². The fraction of sp³-hybridized carbons (Fsp3) is 0.577. The Morgan fingerprint density at radius 3 is 2.68 bits per heavy atom. The molecular weight excluding hydrogens is 386 g/mol. The smallest absolute Gasteiger partial charge is 0.408 e. The predicted molar refractivity (Wildman–Crippen MR) is 127 cm³/mol. The summed E-state index contributed by atoms with van der Waals surface area (Å²) in [6.07, 6.45) is 16.7. The SMILES string of the molecule is C#CCN(C(=O)Oc1cccc2c(CN(C)CCC3CCCCCC3)c[nH]c12)C(C)C. The molecule has 1 N–H and O–H groups in total. The molecule has 1 aliphatic rings. The fourth-order valence-corrected chi connectivity index (χ4v) is 4.53. The van der Waals surface area contributed by atoms with E-state index in [4.69, 9.17) is 11.2 Å². The van der Waals surface area contributed by atoms with Crippen molar-refractivity contribution in [1.29, 1.82) is 0 Å². The van der Waals surface area contributed by atoms with E-state index in [1.54, 1.807) is 4.90 Å². The van der Waals surface area contributed by atoms with Crippen LogP contribution < -0.4 is 4.74 Å². The Hall–Kier alpha value is -2.45. The van der Waals surface area contributed by atoms with Gasteiger partial charge in [-0.05, 0) is 51.4 Å². The van der Waals surface area contributed by atoms with Crippen LogP contribution in [0.15, 0.2) is 24.4 Å². The average molecular weight is 424 g/mol. The summed E-state index contributed by atoms with van der Waals surface area (Å²) in [4.78, 5) is 19.9. The second-order valence-electron chi connectivity index (χ2n) is 9.17. The number of aromatic amines is 1. The summed E-state index contributed by atoms with van der Waals surface area (Å²) in [5.74, 6) is 3.95. The Morgan fingerprint density at radius 2 is 2.00 bits per heavy atom. The molecule has 1 amide bonds. The van der Waals surface area contributed by atoms with Crippen LogP contribution in [-0.2, 0) is 6.54 Å². The lowest BCUT2D eigenvalue weighted by molar-refractivity contribution is 0.146. The van der Waals surface area contributed by atoms with E-state index < -0.39 is 6.09 Å². The topological polar surface area (TPSA) is 48.6 Å². The number of nitrogens with one attached hydrogen (secondary N) is 1. The lowest BCUT2D eigenvalue weighted by atomic mass is 9.96. The normalized spacial score (nSPS) is 15.2. The molecule has 0 spiro atoms. The number of fused-ring (bicyclic) bond motifs is 1. The molecule has 0 radical (unpaired) electrons. The molecular formula is C26H37N3O2. The highest BCUT2D eigenvalue weighted by atomic mass is 16.6. The number of hydrogen-bond acceptors (Lipinski definition) is 3. The van der Waals surface area contributed by atoms with Gasteiger partial charge in [-0.25, -0.2) is 4.79 Å². The summed E-state index contributed by atoms with van der Waals surface area (Å²) in [7, 11) is 2.19. The number of amides is 1. The van der Waals surface area contributed by atoms with Gasteiger partial charge in [-0.1, -0.05) is 56.6 Å². The van der Waals surface area contributed by atoms with E-state index in [1.165, 1.54) is 50.5 Å². The van der Waals surface area contributed by atoms with Gasteiger partial charge in [0.2, 0.25) is 0 Å². The van der Waals surface area contributed by atoms with Gasteiger partial charge in [-0.2, -0.15) is 0 Å². The minimum absolute atomic E-state index is 0.0240. The van der Waals surface area contributed by atoms with Gasteiger partial charge in [-0.15, -0.1) is 6.42 Å². The van der Waals surface area contributed by atoms with Crippen LogP contribution in [0.25, 0.3) is 10.9 Å². The molecule has 1 heterocycles. The standard InChI is InChI=1S/C26H37N3O2/c1-5-16-29(20(2)3)26(30)31-24-14-10-13-23-22(18-27-25(23)24)19-28(4)17-15-21-11-8-6-7-9-12-21/h1,10,13-14,18,20-21,27H,6-9,11-12,15-17,19H2,2-4H3. The van der Waals surface area contributed by atoms with Crippen molar-refractivity contribution in [3.05, 3.63) is 30.0 Å². The first-order chi connectivity index (χ1) is 15.0. The zero-order chi connectivity index (χ0) is 22.2. The van der Waals surface area contributed by atoms with Crippen molar-refractivity contribution in [3.8, 4) is 18.1 Å². The molecule has 3 rings (SSSR count). The number of hydrogen-bond donors (Lipinski definition) is 1. The molecule has 1 saturated carbocycles. The largest absolute Gasteiger partial charge is 0.416 e. The molecule has 0 saturated heterocycles. The van der Waals surface area contributed by atoms with Crippen LogP contribution in [0.3, 0.4) is 0 Å². The molecule has 0 bridgehead atoms. The number of benzene rings is 1. The molecule has 0 unspecified atom stereocenters. The summed E-state index contributed by atoms with van der Waals surface area (Å²) in [5.41, 5.74) is 2.08. The first-order valence-corrected chi connectivity index (χ1v) is 11.7. The molecule has 5 nitrogen and oxygen atoms in total. The van der Waals surface area contributed by atoms with Crippen molar-refractivity contribution in [2.45, 2.75) is 71.4 Å². The van der Waals surface area contributed by atoms with Gasteiger partial charge in [0.1, 0.15) is 0 Å². The zero-order valence-electron chi connectivity index (χ0n) is 19.3. The number of H-pyrrole nitrogens is 1. The summed E-state index contributed by atoms with van der Waals surface area (Å²) in [5, 5.41) is 1.10. The molecule has 1 aromatic heterocycles. The first kappa shape index (κ1) is 23.2. The van der Waals surface area contributed by atoms with E-state index in [9.17, 15) is 4.79 Å². The maximum absolute atomic E-state index is 12.6. The fourth-order valence-electron chi connectivity index (χ4n) is 4.53. The third-order valence-electron chi connectivity index (χ3n) is 6.41. The average Bonchev–Trinajstić information content (AvgIpc) is 2.97. The molecule has 168 valence electrons. The van der Waals surface area contributed by atoms with Crippen molar-refractivity contribution < 1.29 is 9.53 Å². The van der Waals surface area contributed by atoms with E-state index in [1.807, 2.05) is 32.2 Å². The van der Waals surface area contributed by atoms with Crippen LogP contribution in [-0.4, -0.2) is 47.1 Å². The van der Waals surface area contributed by atoms with Crippen molar-refractivity contribution in [1.82, 2.24) is 14.8 Å². The molecule has 31 heavy (non-hydrogen) atoms. The van der Waals surface area contributed by atoms with E-state index in [0.29, 0.717) is 5.75 Å². The Morgan fingerprint density at radius 1 is 1.26 bits per heavy atom. The molecule has 1 aromatic carbocycles. The van der Waals surface area contributed by atoms with Gasteiger partial charge < -0.3 is 14.6 Å². The monoisotopic (exact) mass is 423 g/mol. The number of ether oxygens (including phenoxy) is 1. The molecule has 0 aliphatic heterocycles. The van der Waals surface area contributed by atoms with Crippen LogP contribution >= 0.6 is 0 Å². The van der Waals surface area contributed by atoms with Crippen molar-refractivity contribution in [3.63, 3.8) is 0 Å². The molecule has 5 heteroatoms. The highest BCUT2D eigenvalue weighted by Crippen LogP contribution is 2.29. The highest BCUT2D eigenvalue weighted by molar-refractivity contribution is 5.90.